The molecule has 0 spiro atoms. The van der Waals surface area contributed by atoms with Gasteiger partial charge in [0, 0.05) is 23.5 Å². The summed E-state index contributed by atoms with van der Waals surface area (Å²) in [6, 6.07) is 0. The highest BCUT2D eigenvalue weighted by atomic mass is 35.5. The SMILES string of the molecule is CC1C=C(Cl)C2=C(C1)CN(C)CC2(C)C. The molecule has 84 valence electrons. The minimum absolute atomic E-state index is 0.204. The zero-order chi connectivity index (χ0) is 11.2. The van der Waals surface area contributed by atoms with Crippen LogP contribution in [-0.2, 0) is 0 Å². The second kappa shape index (κ2) is 3.64. The lowest BCUT2D eigenvalue weighted by molar-refractivity contribution is 0.228. The van der Waals surface area contributed by atoms with Crippen LogP contribution in [0.1, 0.15) is 27.2 Å². The average Bonchev–Trinajstić information content (AvgIpc) is 1.97. The maximum absolute atomic E-state index is 6.40. The average molecular weight is 226 g/mol. The summed E-state index contributed by atoms with van der Waals surface area (Å²) in [5.74, 6) is 0.596. The van der Waals surface area contributed by atoms with Crippen LogP contribution >= 0.6 is 11.6 Å². The Hall–Kier alpha value is -0.270. The maximum atomic E-state index is 6.40. The molecule has 2 rings (SSSR count). The van der Waals surface area contributed by atoms with E-state index in [1.54, 1.807) is 5.57 Å². The molecule has 1 nitrogen and oxygen atoms in total. The molecule has 2 heteroatoms. The first-order valence-electron chi connectivity index (χ1n) is 5.69. The van der Waals surface area contributed by atoms with E-state index in [-0.39, 0.29) is 5.41 Å². The van der Waals surface area contributed by atoms with E-state index in [9.17, 15) is 0 Å². The monoisotopic (exact) mass is 225 g/mol. The number of halogens is 1. The van der Waals surface area contributed by atoms with E-state index in [0.717, 1.165) is 18.1 Å². The fraction of sp³-hybridized carbons (Fsp3) is 0.692. The Balaban J connectivity index is 2.44. The van der Waals surface area contributed by atoms with Crippen LogP contribution in [0, 0.1) is 11.3 Å². The standard InChI is InChI=1S/C13H20ClN/c1-9-5-10-7-15(4)8-13(2,3)12(10)11(14)6-9/h6,9H,5,7-8H2,1-4H3. The molecule has 1 atom stereocenters. The Morgan fingerprint density at radius 2 is 2.13 bits per heavy atom. The molecular formula is C13H20ClN. The molecule has 1 heterocycles. The number of likely N-dealkylation sites (N-methyl/N-ethyl adjacent to an activating group) is 1. The van der Waals surface area contributed by atoms with Gasteiger partial charge in [0.2, 0.25) is 0 Å². The second-order valence-corrected chi connectivity index (χ2v) is 6.14. The molecule has 0 bridgehead atoms. The van der Waals surface area contributed by atoms with Crippen molar-refractivity contribution in [2.75, 3.05) is 20.1 Å². The summed E-state index contributed by atoms with van der Waals surface area (Å²) in [6.07, 6.45) is 3.40. The molecule has 0 aromatic carbocycles. The topological polar surface area (TPSA) is 3.24 Å². The summed E-state index contributed by atoms with van der Waals surface area (Å²) in [4.78, 5) is 2.40. The van der Waals surface area contributed by atoms with Gasteiger partial charge in [-0.15, -0.1) is 0 Å². The molecule has 1 unspecified atom stereocenters. The van der Waals surface area contributed by atoms with Gasteiger partial charge in [0.1, 0.15) is 0 Å². The van der Waals surface area contributed by atoms with Crippen LogP contribution in [0.5, 0.6) is 0 Å². The van der Waals surface area contributed by atoms with E-state index in [4.69, 9.17) is 11.6 Å². The zero-order valence-corrected chi connectivity index (χ0v) is 10.9. The number of allylic oxidation sites excluding steroid dienone is 2. The molecule has 0 N–H and O–H groups in total. The number of rotatable bonds is 0. The van der Waals surface area contributed by atoms with Crippen molar-refractivity contribution in [1.29, 1.82) is 0 Å². The number of hydrogen-bond donors (Lipinski definition) is 0. The highest BCUT2D eigenvalue weighted by Crippen LogP contribution is 2.44. The molecule has 0 fully saturated rings. The van der Waals surface area contributed by atoms with Gasteiger partial charge in [-0.25, -0.2) is 0 Å². The van der Waals surface area contributed by atoms with Crippen LogP contribution in [0.15, 0.2) is 22.3 Å². The van der Waals surface area contributed by atoms with Gasteiger partial charge >= 0.3 is 0 Å². The molecule has 0 amide bonds. The summed E-state index contributed by atoms with van der Waals surface area (Å²) in [5.41, 5.74) is 3.17. The number of hydrogen-bond acceptors (Lipinski definition) is 1. The van der Waals surface area contributed by atoms with Crippen molar-refractivity contribution in [1.82, 2.24) is 4.90 Å². The van der Waals surface area contributed by atoms with E-state index in [2.05, 4.69) is 38.8 Å². The van der Waals surface area contributed by atoms with Gasteiger partial charge in [-0.1, -0.05) is 44.0 Å². The Labute approximate surface area is 97.8 Å². The molecular weight excluding hydrogens is 206 g/mol. The van der Waals surface area contributed by atoms with Gasteiger partial charge in [0.25, 0.3) is 0 Å². The molecule has 1 aliphatic heterocycles. The van der Waals surface area contributed by atoms with Gasteiger partial charge in [0.05, 0.1) is 0 Å². The summed E-state index contributed by atoms with van der Waals surface area (Å²) >= 11 is 6.40. The van der Waals surface area contributed by atoms with Crippen molar-refractivity contribution in [2.45, 2.75) is 27.2 Å². The van der Waals surface area contributed by atoms with E-state index in [1.807, 2.05) is 0 Å². The minimum Gasteiger partial charge on any atom is -0.302 e. The van der Waals surface area contributed by atoms with Crippen molar-refractivity contribution >= 4 is 11.6 Å². The first-order chi connectivity index (χ1) is 6.90. The summed E-state index contributed by atoms with van der Waals surface area (Å²) in [6.45, 7) is 9.03. The summed E-state index contributed by atoms with van der Waals surface area (Å²) < 4.78 is 0. The Morgan fingerprint density at radius 1 is 1.47 bits per heavy atom. The van der Waals surface area contributed by atoms with E-state index in [1.165, 1.54) is 12.0 Å². The first-order valence-corrected chi connectivity index (χ1v) is 6.06. The van der Waals surface area contributed by atoms with Crippen molar-refractivity contribution in [3.8, 4) is 0 Å². The molecule has 0 saturated carbocycles. The normalized spacial score (nSPS) is 31.3. The second-order valence-electron chi connectivity index (χ2n) is 5.73. The lowest BCUT2D eigenvalue weighted by Gasteiger charge is -2.42. The minimum atomic E-state index is 0.204. The van der Waals surface area contributed by atoms with Gasteiger partial charge < -0.3 is 4.90 Å². The number of nitrogens with zero attached hydrogens (tertiary/aromatic N) is 1. The summed E-state index contributed by atoms with van der Waals surface area (Å²) in [5, 5.41) is 1.00. The smallest absolute Gasteiger partial charge is 0.0406 e. The van der Waals surface area contributed by atoms with Crippen LogP contribution in [0.4, 0.5) is 0 Å². The van der Waals surface area contributed by atoms with Crippen LogP contribution in [0.3, 0.4) is 0 Å². The Bertz CT molecular complexity index is 338. The highest BCUT2D eigenvalue weighted by Gasteiger charge is 2.35. The molecule has 0 radical (unpaired) electrons. The van der Waals surface area contributed by atoms with Crippen LogP contribution < -0.4 is 0 Å². The van der Waals surface area contributed by atoms with E-state index >= 15 is 0 Å². The van der Waals surface area contributed by atoms with Crippen LogP contribution in [0.25, 0.3) is 0 Å². The van der Waals surface area contributed by atoms with Crippen LogP contribution in [0.2, 0.25) is 0 Å². The fourth-order valence-corrected chi connectivity index (χ4v) is 3.74. The van der Waals surface area contributed by atoms with Gasteiger partial charge in [-0.2, -0.15) is 0 Å². The highest BCUT2D eigenvalue weighted by molar-refractivity contribution is 6.32. The van der Waals surface area contributed by atoms with Gasteiger partial charge in [-0.3, -0.25) is 0 Å². The molecule has 15 heavy (non-hydrogen) atoms. The van der Waals surface area contributed by atoms with Crippen molar-refractivity contribution in [3.05, 3.63) is 22.3 Å². The van der Waals surface area contributed by atoms with Crippen molar-refractivity contribution in [2.24, 2.45) is 11.3 Å². The molecule has 1 aliphatic carbocycles. The first kappa shape index (κ1) is 11.2. The third kappa shape index (κ3) is 2.00. The predicted molar refractivity (Wildman–Crippen MR) is 66.0 cm³/mol. The quantitative estimate of drug-likeness (QED) is 0.611. The largest absolute Gasteiger partial charge is 0.302 e. The Kier molecular flexibility index (Phi) is 2.72. The van der Waals surface area contributed by atoms with Crippen LogP contribution in [-0.4, -0.2) is 25.0 Å². The van der Waals surface area contributed by atoms with E-state index in [0.29, 0.717) is 5.92 Å². The molecule has 0 aromatic heterocycles. The maximum Gasteiger partial charge on any atom is 0.0406 e. The third-order valence-corrected chi connectivity index (χ3v) is 3.71. The van der Waals surface area contributed by atoms with Gasteiger partial charge in [0.15, 0.2) is 0 Å². The van der Waals surface area contributed by atoms with E-state index < -0.39 is 0 Å². The third-order valence-electron chi connectivity index (χ3n) is 3.39. The molecule has 2 aliphatic rings. The zero-order valence-electron chi connectivity index (χ0n) is 10.1. The molecule has 0 aromatic rings. The molecule has 0 saturated heterocycles. The lowest BCUT2D eigenvalue weighted by atomic mass is 9.73. The Morgan fingerprint density at radius 3 is 2.80 bits per heavy atom. The lowest BCUT2D eigenvalue weighted by Crippen LogP contribution is -2.41. The predicted octanol–water partition coefficient (Wildman–Crippen LogP) is 3.42. The van der Waals surface area contributed by atoms with Crippen molar-refractivity contribution in [3.63, 3.8) is 0 Å². The fourth-order valence-electron chi connectivity index (χ4n) is 3.13. The summed E-state index contributed by atoms with van der Waals surface area (Å²) in [7, 11) is 2.20. The van der Waals surface area contributed by atoms with Crippen molar-refractivity contribution < 1.29 is 0 Å². The van der Waals surface area contributed by atoms with Gasteiger partial charge in [-0.05, 0) is 25.0 Å².